The lowest BCUT2D eigenvalue weighted by molar-refractivity contribution is -0.138. The molecule has 0 fully saturated rings. The summed E-state index contributed by atoms with van der Waals surface area (Å²) in [7, 11) is 4.71. The van der Waals surface area contributed by atoms with Crippen LogP contribution in [0.4, 0.5) is 0 Å². The first-order chi connectivity index (χ1) is 11.1. The number of ether oxygens (including phenoxy) is 3. The third kappa shape index (κ3) is 3.94. The maximum Gasteiger partial charge on any atom is 0.311 e. The van der Waals surface area contributed by atoms with Crippen LogP contribution in [0.25, 0.3) is 0 Å². The van der Waals surface area contributed by atoms with Crippen molar-refractivity contribution in [2.45, 2.75) is 12.3 Å². The van der Waals surface area contributed by atoms with E-state index in [1.54, 1.807) is 63.8 Å². The first-order valence-corrected chi connectivity index (χ1v) is 7.16. The van der Waals surface area contributed by atoms with Gasteiger partial charge in [-0.25, -0.2) is 0 Å². The van der Waals surface area contributed by atoms with E-state index in [9.17, 15) is 9.90 Å². The third-order valence-electron chi connectivity index (χ3n) is 3.73. The van der Waals surface area contributed by atoms with Crippen molar-refractivity contribution in [3.8, 4) is 17.2 Å². The number of carboxylic acid groups (broad SMARTS) is 1. The second-order valence-electron chi connectivity index (χ2n) is 5.05. The van der Waals surface area contributed by atoms with Gasteiger partial charge in [-0.2, -0.15) is 0 Å². The Morgan fingerprint density at radius 1 is 0.957 bits per heavy atom. The molecule has 5 nitrogen and oxygen atoms in total. The Hall–Kier alpha value is -2.69. The Balaban J connectivity index is 2.34. The number of aliphatic carboxylic acids is 1. The van der Waals surface area contributed by atoms with Crippen LogP contribution in [0.2, 0.25) is 0 Å². The quantitative estimate of drug-likeness (QED) is 0.850. The minimum Gasteiger partial charge on any atom is -0.497 e. The predicted molar refractivity (Wildman–Crippen MR) is 86.6 cm³/mol. The molecule has 23 heavy (non-hydrogen) atoms. The first-order valence-electron chi connectivity index (χ1n) is 7.16. The Labute approximate surface area is 135 Å². The van der Waals surface area contributed by atoms with Crippen LogP contribution >= 0.6 is 0 Å². The van der Waals surface area contributed by atoms with Gasteiger partial charge in [0.25, 0.3) is 0 Å². The Kier molecular flexibility index (Phi) is 5.46. The molecule has 0 saturated heterocycles. The number of benzene rings is 2. The highest BCUT2D eigenvalue weighted by molar-refractivity contribution is 5.76. The van der Waals surface area contributed by atoms with Gasteiger partial charge in [-0.15, -0.1) is 0 Å². The first kappa shape index (κ1) is 16.7. The number of carboxylic acids is 1. The van der Waals surface area contributed by atoms with Gasteiger partial charge in [0.1, 0.15) is 17.2 Å². The molecule has 0 amide bonds. The van der Waals surface area contributed by atoms with Crippen LogP contribution in [0.5, 0.6) is 17.2 Å². The monoisotopic (exact) mass is 316 g/mol. The van der Waals surface area contributed by atoms with Crippen molar-refractivity contribution in [3.63, 3.8) is 0 Å². The molecule has 0 spiro atoms. The van der Waals surface area contributed by atoms with Crippen LogP contribution < -0.4 is 14.2 Å². The summed E-state index contributed by atoms with van der Waals surface area (Å²) in [6.45, 7) is 0. The average Bonchev–Trinajstić information content (AvgIpc) is 2.59. The molecule has 0 aliphatic carbocycles. The highest BCUT2D eigenvalue weighted by atomic mass is 16.5. The molecule has 2 rings (SSSR count). The van der Waals surface area contributed by atoms with Crippen molar-refractivity contribution < 1.29 is 24.1 Å². The molecule has 1 N–H and O–H groups in total. The Bertz CT molecular complexity index is 664. The summed E-state index contributed by atoms with van der Waals surface area (Å²) in [5, 5.41) is 9.60. The van der Waals surface area contributed by atoms with Crippen molar-refractivity contribution >= 4 is 5.97 Å². The normalized spacial score (nSPS) is 11.6. The van der Waals surface area contributed by atoms with Gasteiger partial charge in [-0.05, 0) is 47.9 Å². The summed E-state index contributed by atoms with van der Waals surface area (Å²) in [6, 6.07) is 12.4. The summed E-state index contributed by atoms with van der Waals surface area (Å²) < 4.78 is 15.7. The van der Waals surface area contributed by atoms with Crippen molar-refractivity contribution in [2.24, 2.45) is 0 Å². The zero-order valence-electron chi connectivity index (χ0n) is 13.4. The van der Waals surface area contributed by atoms with Gasteiger partial charge in [0.15, 0.2) is 0 Å². The second-order valence-corrected chi connectivity index (χ2v) is 5.05. The SMILES string of the molecule is COc1ccc(C(Cc2cc(OC)ccc2OC)C(=O)O)cc1. The summed E-state index contributed by atoms with van der Waals surface area (Å²) in [5.41, 5.74) is 1.50. The lowest BCUT2D eigenvalue weighted by Crippen LogP contribution is -2.15. The topological polar surface area (TPSA) is 65.0 Å². The maximum atomic E-state index is 11.7. The lowest BCUT2D eigenvalue weighted by atomic mass is 9.91. The Morgan fingerprint density at radius 3 is 2.09 bits per heavy atom. The smallest absolute Gasteiger partial charge is 0.311 e. The fourth-order valence-electron chi connectivity index (χ4n) is 2.45. The molecule has 0 aliphatic rings. The van der Waals surface area contributed by atoms with Crippen LogP contribution in [0.15, 0.2) is 42.5 Å². The predicted octanol–water partition coefficient (Wildman–Crippen LogP) is 3.12. The molecule has 2 aromatic rings. The molecule has 0 aromatic heterocycles. The van der Waals surface area contributed by atoms with E-state index in [1.165, 1.54) is 0 Å². The molecule has 0 bridgehead atoms. The lowest BCUT2D eigenvalue weighted by Gasteiger charge is -2.16. The fourth-order valence-corrected chi connectivity index (χ4v) is 2.45. The molecule has 0 aliphatic heterocycles. The molecule has 1 unspecified atom stereocenters. The van der Waals surface area contributed by atoms with E-state index in [0.29, 0.717) is 29.2 Å². The van der Waals surface area contributed by atoms with Gasteiger partial charge < -0.3 is 19.3 Å². The third-order valence-corrected chi connectivity index (χ3v) is 3.73. The van der Waals surface area contributed by atoms with Crippen LogP contribution in [-0.4, -0.2) is 32.4 Å². The van der Waals surface area contributed by atoms with Gasteiger partial charge in [0, 0.05) is 0 Å². The fraction of sp³-hybridized carbons (Fsp3) is 0.278. The molecule has 2 aromatic carbocycles. The number of methoxy groups -OCH3 is 3. The Morgan fingerprint density at radius 2 is 1.57 bits per heavy atom. The van der Waals surface area contributed by atoms with Gasteiger partial charge in [-0.1, -0.05) is 12.1 Å². The van der Waals surface area contributed by atoms with Crippen molar-refractivity contribution in [2.75, 3.05) is 21.3 Å². The van der Waals surface area contributed by atoms with Crippen molar-refractivity contribution in [1.29, 1.82) is 0 Å². The molecule has 1 atom stereocenters. The number of rotatable bonds is 7. The largest absolute Gasteiger partial charge is 0.497 e. The number of hydrogen-bond acceptors (Lipinski definition) is 4. The zero-order valence-corrected chi connectivity index (χ0v) is 13.4. The molecular weight excluding hydrogens is 296 g/mol. The van der Waals surface area contributed by atoms with E-state index < -0.39 is 11.9 Å². The van der Waals surface area contributed by atoms with E-state index in [-0.39, 0.29) is 0 Å². The number of hydrogen-bond donors (Lipinski definition) is 1. The van der Waals surface area contributed by atoms with Gasteiger partial charge >= 0.3 is 5.97 Å². The number of carbonyl (C=O) groups is 1. The van der Waals surface area contributed by atoms with Gasteiger partial charge in [-0.3, -0.25) is 4.79 Å². The highest BCUT2D eigenvalue weighted by Gasteiger charge is 2.22. The molecule has 0 radical (unpaired) electrons. The van der Waals surface area contributed by atoms with Gasteiger partial charge in [0.05, 0.1) is 27.2 Å². The minimum absolute atomic E-state index is 0.308. The summed E-state index contributed by atoms with van der Waals surface area (Å²) >= 11 is 0. The van der Waals surface area contributed by atoms with Crippen LogP contribution in [0.1, 0.15) is 17.0 Å². The van der Waals surface area contributed by atoms with E-state index >= 15 is 0 Å². The van der Waals surface area contributed by atoms with E-state index in [1.807, 2.05) is 0 Å². The summed E-state index contributed by atoms with van der Waals surface area (Å²) in [5.74, 6) is 0.434. The van der Waals surface area contributed by atoms with Gasteiger partial charge in [0.2, 0.25) is 0 Å². The average molecular weight is 316 g/mol. The van der Waals surface area contributed by atoms with E-state index in [2.05, 4.69) is 0 Å². The minimum atomic E-state index is -0.889. The molecular formula is C18H20O5. The van der Waals surface area contributed by atoms with Crippen LogP contribution in [-0.2, 0) is 11.2 Å². The highest BCUT2D eigenvalue weighted by Crippen LogP contribution is 2.30. The van der Waals surface area contributed by atoms with Crippen molar-refractivity contribution in [1.82, 2.24) is 0 Å². The second kappa shape index (κ2) is 7.54. The van der Waals surface area contributed by atoms with E-state index in [0.717, 1.165) is 5.56 Å². The van der Waals surface area contributed by atoms with Crippen LogP contribution in [0, 0.1) is 0 Å². The van der Waals surface area contributed by atoms with Crippen LogP contribution in [0.3, 0.4) is 0 Å². The standard InChI is InChI=1S/C18H20O5/c1-21-14-6-4-12(5-7-14)16(18(19)20)11-13-10-15(22-2)8-9-17(13)23-3/h4-10,16H,11H2,1-3H3,(H,19,20). The summed E-state index contributed by atoms with van der Waals surface area (Å²) in [6.07, 6.45) is 0.308. The summed E-state index contributed by atoms with van der Waals surface area (Å²) in [4.78, 5) is 11.7. The molecule has 122 valence electrons. The van der Waals surface area contributed by atoms with Crippen molar-refractivity contribution in [3.05, 3.63) is 53.6 Å². The van der Waals surface area contributed by atoms with E-state index in [4.69, 9.17) is 14.2 Å². The molecule has 0 heterocycles. The maximum absolute atomic E-state index is 11.7. The molecule has 5 heteroatoms. The molecule has 0 saturated carbocycles. The zero-order chi connectivity index (χ0) is 16.8.